The van der Waals surface area contributed by atoms with E-state index in [2.05, 4.69) is 18.2 Å². The molecule has 1 aliphatic carbocycles. The van der Waals surface area contributed by atoms with Crippen LogP contribution in [0.4, 0.5) is 4.79 Å². The lowest BCUT2D eigenvalue weighted by Gasteiger charge is -2.33. The highest BCUT2D eigenvalue weighted by Crippen LogP contribution is 2.34. The highest BCUT2D eigenvalue weighted by Gasteiger charge is 2.30. The molecule has 86 valence electrons. The average molecular weight is 212 g/mol. The summed E-state index contributed by atoms with van der Waals surface area (Å²) in [5.74, 6) is 0.899. The number of ether oxygens (including phenoxy) is 2. The molecule has 0 unspecified atom stereocenters. The Balaban J connectivity index is 2.53. The van der Waals surface area contributed by atoms with Crippen LogP contribution in [0.5, 0.6) is 0 Å². The van der Waals surface area contributed by atoms with Crippen molar-refractivity contribution in [2.75, 3.05) is 7.11 Å². The summed E-state index contributed by atoms with van der Waals surface area (Å²) in [6.45, 7) is 8.12. The zero-order chi connectivity index (χ0) is 11.4. The second-order valence-electron chi connectivity index (χ2n) is 4.44. The lowest BCUT2D eigenvalue weighted by molar-refractivity contribution is -0.00687. The molecule has 3 atom stereocenters. The van der Waals surface area contributed by atoms with Crippen LogP contribution in [0, 0.1) is 11.8 Å². The van der Waals surface area contributed by atoms with Crippen LogP contribution >= 0.6 is 0 Å². The first-order valence-electron chi connectivity index (χ1n) is 5.44. The van der Waals surface area contributed by atoms with E-state index in [0.29, 0.717) is 11.8 Å². The Hall–Kier alpha value is -0.990. The Morgan fingerprint density at radius 3 is 2.60 bits per heavy atom. The van der Waals surface area contributed by atoms with Crippen molar-refractivity contribution in [2.24, 2.45) is 11.8 Å². The van der Waals surface area contributed by atoms with Crippen molar-refractivity contribution >= 4 is 6.16 Å². The molecular formula is C12H20O3. The molecule has 1 aliphatic rings. The molecule has 0 radical (unpaired) electrons. The molecule has 1 fully saturated rings. The lowest BCUT2D eigenvalue weighted by Crippen LogP contribution is -2.32. The zero-order valence-corrected chi connectivity index (χ0v) is 9.79. The molecular weight excluding hydrogens is 192 g/mol. The number of hydrogen-bond donors (Lipinski definition) is 0. The van der Waals surface area contributed by atoms with Crippen LogP contribution in [0.2, 0.25) is 0 Å². The van der Waals surface area contributed by atoms with Crippen LogP contribution in [0.1, 0.15) is 33.1 Å². The third-order valence-corrected chi connectivity index (χ3v) is 3.23. The molecule has 0 saturated heterocycles. The van der Waals surface area contributed by atoms with Crippen molar-refractivity contribution in [3.8, 4) is 0 Å². The number of carbonyl (C=O) groups is 1. The molecule has 1 rings (SSSR count). The summed E-state index contributed by atoms with van der Waals surface area (Å²) < 4.78 is 9.74. The van der Waals surface area contributed by atoms with Crippen molar-refractivity contribution in [3.05, 3.63) is 12.2 Å². The fourth-order valence-electron chi connectivity index (χ4n) is 2.06. The van der Waals surface area contributed by atoms with Gasteiger partial charge >= 0.3 is 6.16 Å². The Labute approximate surface area is 91.4 Å². The minimum atomic E-state index is -0.575. The molecule has 0 aromatic heterocycles. The van der Waals surface area contributed by atoms with Gasteiger partial charge in [0.15, 0.2) is 0 Å². The van der Waals surface area contributed by atoms with Crippen LogP contribution in [0.3, 0.4) is 0 Å². The van der Waals surface area contributed by atoms with Crippen LogP contribution in [0.25, 0.3) is 0 Å². The quantitative estimate of drug-likeness (QED) is 0.521. The normalized spacial score (nSPS) is 30.7. The molecule has 0 N–H and O–H groups in total. The minimum Gasteiger partial charge on any atom is -0.438 e. The van der Waals surface area contributed by atoms with Crippen molar-refractivity contribution in [2.45, 2.75) is 39.2 Å². The smallest absolute Gasteiger partial charge is 0.438 e. The van der Waals surface area contributed by atoms with E-state index in [1.807, 2.05) is 6.92 Å². The summed E-state index contributed by atoms with van der Waals surface area (Å²) in [4.78, 5) is 11.0. The van der Waals surface area contributed by atoms with Gasteiger partial charge in [-0.25, -0.2) is 4.79 Å². The Morgan fingerprint density at radius 1 is 1.40 bits per heavy atom. The van der Waals surface area contributed by atoms with Crippen molar-refractivity contribution in [1.29, 1.82) is 0 Å². The molecule has 0 aliphatic heterocycles. The third-order valence-electron chi connectivity index (χ3n) is 3.23. The predicted molar refractivity (Wildman–Crippen MR) is 58.6 cm³/mol. The van der Waals surface area contributed by atoms with E-state index in [9.17, 15) is 4.79 Å². The Bertz CT molecular complexity index is 247. The summed E-state index contributed by atoms with van der Waals surface area (Å²) in [5.41, 5.74) is 1.18. The number of hydrogen-bond acceptors (Lipinski definition) is 3. The maximum atomic E-state index is 11.0. The van der Waals surface area contributed by atoms with E-state index in [0.717, 1.165) is 19.3 Å². The molecule has 3 nitrogen and oxygen atoms in total. The Morgan fingerprint density at radius 2 is 2.07 bits per heavy atom. The molecule has 15 heavy (non-hydrogen) atoms. The molecule has 0 heterocycles. The van der Waals surface area contributed by atoms with Gasteiger partial charge in [-0.1, -0.05) is 19.1 Å². The number of methoxy groups -OCH3 is 1. The van der Waals surface area contributed by atoms with Crippen LogP contribution in [0.15, 0.2) is 12.2 Å². The lowest BCUT2D eigenvalue weighted by atomic mass is 9.78. The van der Waals surface area contributed by atoms with Gasteiger partial charge in [-0.2, -0.15) is 0 Å². The first-order valence-corrected chi connectivity index (χ1v) is 5.44. The fraction of sp³-hybridized carbons (Fsp3) is 0.750. The average Bonchev–Trinajstić information content (AvgIpc) is 2.20. The van der Waals surface area contributed by atoms with Gasteiger partial charge in [-0.05, 0) is 38.0 Å². The first kappa shape index (κ1) is 12.1. The first-order chi connectivity index (χ1) is 7.04. The minimum absolute atomic E-state index is 0.0205. The summed E-state index contributed by atoms with van der Waals surface area (Å²) in [5, 5.41) is 0. The van der Waals surface area contributed by atoms with Crippen molar-refractivity contribution in [1.82, 2.24) is 0 Å². The van der Waals surface area contributed by atoms with E-state index in [1.165, 1.54) is 12.7 Å². The van der Waals surface area contributed by atoms with Gasteiger partial charge in [0.25, 0.3) is 0 Å². The monoisotopic (exact) mass is 212 g/mol. The van der Waals surface area contributed by atoms with Gasteiger partial charge in [-0.3, -0.25) is 0 Å². The maximum absolute atomic E-state index is 11.0. The highest BCUT2D eigenvalue weighted by molar-refractivity contribution is 5.59. The van der Waals surface area contributed by atoms with E-state index in [1.54, 1.807) is 0 Å². The summed E-state index contributed by atoms with van der Waals surface area (Å²) >= 11 is 0. The number of allylic oxidation sites excluding steroid dienone is 1. The molecule has 3 heteroatoms. The molecule has 0 spiro atoms. The standard InChI is InChI=1S/C12H20O3/c1-8(2)10-6-5-9(3)11(7-10)15-12(13)14-4/h9-11H,1,5-7H2,2-4H3/t9-,10-,11-/m1/s1. The van der Waals surface area contributed by atoms with Crippen LogP contribution in [-0.2, 0) is 9.47 Å². The number of rotatable bonds is 2. The van der Waals surface area contributed by atoms with Gasteiger partial charge in [0.2, 0.25) is 0 Å². The van der Waals surface area contributed by atoms with E-state index in [-0.39, 0.29) is 6.10 Å². The molecule has 0 bridgehead atoms. The van der Waals surface area contributed by atoms with Gasteiger partial charge in [0.05, 0.1) is 7.11 Å². The maximum Gasteiger partial charge on any atom is 0.508 e. The van der Waals surface area contributed by atoms with Gasteiger partial charge in [0.1, 0.15) is 6.10 Å². The topological polar surface area (TPSA) is 35.5 Å². The van der Waals surface area contributed by atoms with Gasteiger partial charge in [0, 0.05) is 0 Å². The molecule has 1 saturated carbocycles. The summed E-state index contributed by atoms with van der Waals surface area (Å²) in [6.07, 6.45) is 2.52. The molecule has 0 amide bonds. The van der Waals surface area contributed by atoms with Crippen LogP contribution in [-0.4, -0.2) is 19.4 Å². The largest absolute Gasteiger partial charge is 0.508 e. The van der Waals surface area contributed by atoms with Gasteiger partial charge < -0.3 is 9.47 Å². The molecule has 0 aromatic rings. The SMILES string of the molecule is C=C(C)[C@@H]1CC[C@@H](C)[C@H](OC(=O)OC)C1. The summed E-state index contributed by atoms with van der Waals surface area (Å²) in [6, 6.07) is 0. The van der Waals surface area contributed by atoms with Crippen molar-refractivity contribution in [3.63, 3.8) is 0 Å². The third kappa shape index (κ3) is 3.26. The summed E-state index contributed by atoms with van der Waals surface area (Å²) in [7, 11) is 1.34. The second kappa shape index (κ2) is 5.19. The highest BCUT2D eigenvalue weighted by atomic mass is 16.7. The van der Waals surface area contributed by atoms with Crippen LogP contribution < -0.4 is 0 Å². The predicted octanol–water partition coefficient (Wildman–Crippen LogP) is 3.15. The number of carbonyl (C=O) groups excluding carboxylic acids is 1. The fourth-order valence-corrected chi connectivity index (χ4v) is 2.06. The van der Waals surface area contributed by atoms with Gasteiger partial charge in [-0.15, -0.1) is 0 Å². The van der Waals surface area contributed by atoms with E-state index >= 15 is 0 Å². The second-order valence-corrected chi connectivity index (χ2v) is 4.44. The zero-order valence-electron chi connectivity index (χ0n) is 9.79. The van der Waals surface area contributed by atoms with E-state index in [4.69, 9.17) is 4.74 Å². The Kier molecular flexibility index (Phi) is 4.18. The molecule has 0 aromatic carbocycles. The van der Waals surface area contributed by atoms with Crippen molar-refractivity contribution < 1.29 is 14.3 Å². The van der Waals surface area contributed by atoms with E-state index < -0.39 is 6.16 Å².